The minimum atomic E-state index is 0.471. The van der Waals surface area contributed by atoms with Crippen molar-refractivity contribution in [3.63, 3.8) is 0 Å². The molecule has 0 radical (unpaired) electrons. The first kappa shape index (κ1) is 16.4. The van der Waals surface area contributed by atoms with E-state index >= 15 is 0 Å². The number of hydrogen-bond acceptors (Lipinski definition) is 3. The molecule has 4 nitrogen and oxygen atoms in total. The second kappa shape index (κ2) is 7.33. The van der Waals surface area contributed by atoms with E-state index in [1.165, 1.54) is 0 Å². The summed E-state index contributed by atoms with van der Waals surface area (Å²) >= 11 is 11.3. The lowest BCUT2D eigenvalue weighted by molar-refractivity contribution is 0.417. The van der Waals surface area contributed by atoms with E-state index in [1.807, 2.05) is 43.3 Å². The van der Waals surface area contributed by atoms with Gasteiger partial charge in [0.2, 0.25) is 0 Å². The number of nitrogens with zero attached hydrogens (tertiary/aromatic N) is 1. The fourth-order valence-corrected chi connectivity index (χ4v) is 2.31. The zero-order valence-electron chi connectivity index (χ0n) is 12.7. The first-order chi connectivity index (χ1) is 10.5. The number of methoxy groups -OCH3 is 1. The van der Waals surface area contributed by atoms with Gasteiger partial charge >= 0.3 is 0 Å². The quantitative estimate of drug-likeness (QED) is 0.818. The van der Waals surface area contributed by atoms with Crippen molar-refractivity contribution >= 4 is 46.0 Å². The minimum absolute atomic E-state index is 0.471. The van der Waals surface area contributed by atoms with Gasteiger partial charge in [0, 0.05) is 30.5 Å². The zero-order valence-corrected chi connectivity index (χ0v) is 14.3. The second-order valence-electron chi connectivity index (χ2n) is 4.87. The van der Waals surface area contributed by atoms with Gasteiger partial charge in [0.05, 0.1) is 12.8 Å². The van der Waals surface area contributed by atoms with Crippen LogP contribution in [0.15, 0.2) is 42.5 Å². The van der Waals surface area contributed by atoms with Crippen molar-refractivity contribution in [2.24, 2.45) is 0 Å². The van der Waals surface area contributed by atoms with Crippen LogP contribution in [-0.2, 0) is 0 Å². The van der Waals surface area contributed by atoms with Gasteiger partial charge in [-0.3, -0.25) is 0 Å². The molecule has 0 amide bonds. The van der Waals surface area contributed by atoms with Gasteiger partial charge in [-0.05, 0) is 54.7 Å². The summed E-state index contributed by atoms with van der Waals surface area (Å²) in [5, 5.41) is 7.30. The molecule has 2 aromatic rings. The fourth-order valence-electron chi connectivity index (χ4n) is 1.91. The number of anilines is 3. The van der Waals surface area contributed by atoms with Crippen LogP contribution in [0.25, 0.3) is 0 Å². The van der Waals surface area contributed by atoms with Crippen LogP contribution in [0.1, 0.15) is 0 Å². The number of benzene rings is 2. The topological polar surface area (TPSA) is 36.5 Å². The first-order valence-electron chi connectivity index (χ1n) is 6.68. The highest BCUT2D eigenvalue weighted by atomic mass is 35.5. The Labute approximate surface area is 141 Å². The van der Waals surface area contributed by atoms with Crippen LogP contribution < -0.4 is 20.3 Å². The third-order valence-electron chi connectivity index (χ3n) is 3.05. The number of ether oxygens (including phenoxy) is 1. The van der Waals surface area contributed by atoms with E-state index < -0.39 is 0 Å². The van der Waals surface area contributed by atoms with E-state index in [1.54, 1.807) is 25.3 Å². The molecule has 22 heavy (non-hydrogen) atoms. The molecule has 0 unspecified atom stereocenters. The molecule has 0 fully saturated rings. The zero-order chi connectivity index (χ0) is 16.1. The summed E-state index contributed by atoms with van der Waals surface area (Å²) in [5.41, 5.74) is 2.75. The van der Waals surface area contributed by atoms with Crippen LogP contribution in [0.5, 0.6) is 5.75 Å². The molecular formula is C16H18ClN3OS. The molecule has 0 spiro atoms. The summed E-state index contributed by atoms with van der Waals surface area (Å²) in [5.74, 6) is 0.677. The third kappa shape index (κ3) is 4.26. The Hall–Kier alpha value is -1.98. The molecule has 0 aliphatic rings. The number of rotatable bonds is 4. The van der Waals surface area contributed by atoms with E-state index in [-0.39, 0.29) is 0 Å². The predicted molar refractivity (Wildman–Crippen MR) is 98.6 cm³/mol. The van der Waals surface area contributed by atoms with Crippen LogP contribution in [0.4, 0.5) is 17.1 Å². The summed E-state index contributed by atoms with van der Waals surface area (Å²) in [7, 11) is 5.60. The van der Waals surface area contributed by atoms with Crippen molar-refractivity contribution in [3.05, 3.63) is 47.5 Å². The molecule has 0 aliphatic heterocycles. The summed E-state index contributed by atoms with van der Waals surface area (Å²) < 4.78 is 5.28. The SMILES string of the molecule is COc1ccc(Cl)cc1NC(=S)Nc1ccc(N(C)C)cc1. The third-order valence-corrected chi connectivity index (χ3v) is 3.49. The van der Waals surface area contributed by atoms with Crippen LogP contribution in [0.3, 0.4) is 0 Å². The standard InChI is InChI=1S/C16H18ClN3OS/c1-20(2)13-7-5-12(6-8-13)18-16(22)19-14-10-11(17)4-9-15(14)21-3/h4-10H,1-3H3,(H2,18,19,22). The minimum Gasteiger partial charge on any atom is -0.495 e. The van der Waals surface area contributed by atoms with Crippen molar-refractivity contribution in [2.75, 3.05) is 36.7 Å². The Balaban J connectivity index is 2.05. The summed E-state index contributed by atoms with van der Waals surface area (Å²) in [4.78, 5) is 2.04. The highest BCUT2D eigenvalue weighted by Gasteiger charge is 2.06. The van der Waals surface area contributed by atoms with Crippen molar-refractivity contribution in [3.8, 4) is 5.75 Å². The molecule has 2 N–H and O–H groups in total. The van der Waals surface area contributed by atoms with Gasteiger partial charge < -0.3 is 20.3 Å². The molecule has 0 bridgehead atoms. The van der Waals surface area contributed by atoms with Gasteiger partial charge in [-0.2, -0.15) is 0 Å². The number of nitrogens with one attached hydrogen (secondary N) is 2. The smallest absolute Gasteiger partial charge is 0.175 e. The van der Waals surface area contributed by atoms with Crippen molar-refractivity contribution in [2.45, 2.75) is 0 Å². The summed E-state index contributed by atoms with van der Waals surface area (Å²) in [6.07, 6.45) is 0. The van der Waals surface area contributed by atoms with Gasteiger partial charge in [0.1, 0.15) is 5.75 Å². The number of halogens is 1. The van der Waals surface area contributed by atoms with Gasteiger partial charge in [-0.1, -0.05) is 11.6 Å². The molecule has 0 atom stereocenters. The molecule has 6 heteroatoms. The van der Waals surface area contributed by atoms with Crippen LogP contribution in [0.2, 0.25) is 5.02 Å². The molecule has 0 saturated heterocycles. The average Bonchev–Trinajstić information content (AvgIpc) is 2.48. The molecule has 0 heterocycles. The molecule has 2 rings (SSSR count). The largest absolute Gasteiger partial charge is 0.495 e. The van der Waals surface area contributed by atoms with Crippen LogP contribution in [0, 0.1) is 0 Å². The van der Waals surface area contributed by atoms with E-state index in [0.29, 0.717) is 15.9 Å². The maximum atomic E-state index is 6.00. The summed E-state index contributed by atoms with van der Waals surface area (Å²) in [6.45, 7) is 0. The van der Waals surface area contributed by atoms with Crippen LogP contribution >= 0.6 is 23.8 Å². The molecule has 0 aliphatic carbocycles. The highest BCUT2D eigenvalue weighted by molar-refractivity contribution is 7.80. The van der Waals surface area contributed by atoms with Gasteiger partial charge in [0.15, 0.2) is 5.11 Å². The van der Waals surface area contributed by atoms with Gasteiger partial charge in [0.25, 0.3) is 0 Å². The average molecular weight is 336 g/mol. The Kier molecular flexibility index (Phi) is 5.46. The lowest BCUT2D eigenvalue weighted by Gasteiger charge is -2.15. The molecule has 0 aromatic heterocycles. The Bertz CT molecular complexity index is 659. The first-order valence-corrected chi connectivity index (χ1v) is 7.47. The van der Waals surface area contributed by atoms with E-state index in [0.717, 1.165) is 17.1 Å². The monoisotopic (exact) mass is 335 g/mol. The summed E-state index contributed by atoms with van der Waals surface area (Å²) in [6, 6.07) is 13.3. The molecule has 0 saturated carbocycles. The maximum absolute atomic E-state index is 6.00. The molecule has 116 valence electrons. The highest BCUT2D eigenvalue weighted by Crippen LogP contribution is 2.27. The van der Waals surface area contributed by atoms with E-state index in [9.17, 15) is 0 Å². The molecule has 2 aromatic carbocycles. The van der Waals surface area contributed by atoms with E-state index in [4.69, 9.17) is 28.6 Å². The van der Waals surface area contributed by atoms with Crippen molar-refractivity contribution in [1.82, 2.24) is 0 Å². The Morgan fingerprint density at radius 2 is 1.77 bits per heavy atom. The van der Waals surface area contributed by atoms with E-state index in [2.05, 4.69) is 10.6 Å². The van der Waals surface area contributed by atoms with Crippen molar-refractivity contribution < 1.29 is 4.74 Å². The normalized spacial score (nSPS) is 10.0. The Morgan fingerprint density at radius 1 is 1.09 bits per heavy atom. The number of thiocarbonyl (C=S) groups is 1. The van der Waals surface area contributed by atoms with Gasteiger partial charge in [-0.15, -0.1) is 0 Å². The Morgan fingerprint density at radius 3 is 2.36 bits per heavy atom. The number of hydrogen-bond donors (Lipinski definition) is 2. The van der Waals surface area contributed by atoms with Gasteiger partial charge in [-0.25, -0.2) is 0 Å². The molecular weight excluding hydrogens is 318 g/mol. The fraction of sp³-hybridized carbons (Fsp3) is 0.188. The van der Waals surface area contributed by atoms with Crippen LogP contribution in [-0.4, -0.2) is 26.3 Å². The maximum Gasteiger partial charge on any atom is 0.175 e. The second-order valence-corrected chi connectivity index (χ2v) is 5.71. The lowest BCUT2D eigenvalue weighted by Crippen LogP contribution is -2.19. The lowest BCUT2D eigenvalue weighted by atomic mass is 10.2. The predicted octanol–water partition coefficient (Wildman–Crippen LogP) is 4.22. The van der Waals surface area contributed by atoms with Crippen molar-refractivity contribution in [1.29, 1.82) is 0 Å².